The summed E-state index contributed by atoms with van der Waals surface area (Å²) >= 11 is 5.80. The van der Waals surface area contributed by atoms with Crippen LogP contribution in [-0.4, -0.2) is 29.8 Å². The zero-order chi connectivity index (χ0) is 20.1. The second-order valence-electron chi connectivity index (χ2n) is 6.46. The van der Waals surface area contributed by atoms with Crippen LogP contribution in [0.25, 0.3) is 0 Å². The van der Waals surface area contributed by atoms with Crippen LogP contribution in [-0.2, 0) is 11.2 Å². The average Bonchev–Trinajstić information content (AvgIpc) is 3.22. The Balaban J connectivity index is 1.63. The van der Waals surface area contributed by atoms with Crippen molar-refractivity contribution in [1.29, 1.82) is 0 Å². The fourth-order valence-corrected chi connectivity index (χ4v) is 3.19. The first-order valence-corrected chi connectivity index (χ1v) is 9.19. The van der Waals surface area contributed by atoms with E-state index >= 15 is 0 Å². The molecule has 0 atom stereocenters. The molecule has 0 aromatic heterocycles. The molecule has 2 aromatic carbocycles. The molecular weight excluding hydrogens is 384 g/mol. The van der Waals surface area contributed by atoms with Gasteiger partial charge in [-0.3, -0.25) is 30.6 Å². The van der Waals surface area contributed by atoms with Gasteiger partial charge in [-0.2, -0.15) is 0 Å². The Kier molecular flexibility index (Phi) is 6.10. The van der Waals surface area contributed by atoms with Crippen molar-refractivity contribution >= 4 is 34.8 Å². The molecule has 8 nitrogen and oxygen atoms in total. The standard InChI is InChI=1S/C19H19ClN4O4/c20-15-6-3-13(4-7-15)11-18(25)21-22-19(26)14-5-8-16(17(12-14)24(27)28)23-9-1-2-10-23/h3-8,12H,1-2,9-11H2,(H,21,25)(H,22,26). The minimum atomic E-state index is -0.625. The molecule has 0 spiro atoms. The van der Waals surface area contributed by atoms with Gasteiger partial charge in [0.25, 0.3) is 11.6 Å². The number of nitrogens with zero attached hydrogens (tertiary/aromatic N) is 2. The normalized spacial score (nSPS) is 13.2. The first-order chi connectivity index (χ1) is 13.4. The molecule has 0 bridgehead atoms. The molecule has 1 heterocycles. The lowest BCUT2D eigenvalue weighted by molar-refractivity contribution is -0.384. The highest BCUT2D eigenvalue weighted by Crippen LogP contribution is 2.31. The third-order valence-electron chi connectivity index (χ3n) is 4.47. The van der Waals surface area contributed by atoms with Crippen molar-refractivity contribution in [3.05, 3.63) is 68.7 Å². The van der Waals surface area contributed by atoms with E-state index in [1.54, 1.807) is 30.3 Å². The van der Waals surface area contributed by atoms with Crippen LogP contribution in [0.1, 0.15) is 28.8 Å². The molecule has 28 heavy (non-hydrogen) atoms. The van der Waals surface area contributed by atoms with Gasteiger partial charge in [-0.1, -0.05) is 23.7 Å². The number of nitro benzene ring substituents is 1. The van der Waals surface area contributed by atoms with E-state index in [0.29, 0.717) is 10.7 Å². The number of anilines is 1. The number of nitro groups is 1. The van der Waals surface area contributed by atoms with Crippen LogP contribution in [0.3, 0.4) is 0 Å². The van der Waals surface area contributed by atoms with E-state index in [9.17, 15) is 19.7 Å². The molecule has 0 saturated carbocycles. The number of hydrazine groups is 1. The van der Waals surface area contributed by atoms with Crippen LogP contribution in [0.5, 0.6) is 0 Å². The number of amides is 2. The van der Waals surface area contributed by atoms with E-state index in [4.69, 9.17) is 11.6 Å². The minimum Gasteiger partial charge on any atom is -0.366 e. The number of carbonyl (C=O) groups excluding carboxylic acids is 2. The molecule has 2 N–H and O–H groups in total. The van der Waals surface area contributed by atoms with Crippen molar-refractivity contribution in [1.82, 2.24) is 10.9 Å². The summed E-state index contributed by atoms with van der Waals surface area (Å²) in [5.74, 6) is -1.04. The maximum absolute atomic E-state index is 12.3. The number of halogens is 1. The monoisotopic (exact) mass is 402 g/mol. The quantitative estimate of drug-likeness (QED) is 0.591. The maximum Gasteiger partial charge on any atom is 0.293 e. The van der Waals surface area contributed by atoms with Gasteiger partial charge in [-0.25, -0.2) is 0 Å². The topological polar surface area (TPSA) is 105 Å². The predicted octanol–water partition coefficient (Wildman–Crippen LogP) is 2.85. The third-order valence-corrected chi connectivity index (χ3v) is 4.73. The molecule has 1 aliphatic heterocycles. The lowest BCUT2D eigenvalue weighted by atomic mass is 10.1. The van der Waals surface area contributed by atoms with Gasteiger partial charge in [0.05, 0.1) is 11.3 Å². The Morgan fingerprint density at radius 2 is 1.75 bits per heavy atom. The molecule has 1 aliphatic rings. The van der Waals surface area contributed by atoms with Crippen LogP contribution in [0, 0.1) is 10.1 Å². The Hall–Kier alpha value is -3.13. The Morgan fingerprint density at radius 1 is 1.07 bits per heavy atom. The van der Waals surface area contributed by atoms with E-state index in [1.807, 2.05) is 4.90 Å². The van der Waals surface area contributed by atoms with Gasteiger partial charge in [0.2, 0.25) is 5.91 Å². The summed E-state index contributed by atoms with van der Waals surface area (Å²) in [6.45, 7) is 1.51. The number of hydrogen-bond donors (Lipinski definition) is 2. The first-order valence-electron chi connectivity index (χ1n) is 8.81. The second-order valence-corrected chi connectivity index (χ2v) is 6.90. The summed E-state index contributed by atoms with van der Waals surface area (Å²) in [5.41, 5.74) is 5.81. The van der Waals surface area contributed by atoms with Gasteiger partial charge in [0.1, 0.15) is 5.69 Å². The Labute approximate surface area is 166 Å². The minimum absolute atomic E-state index is 0.0610. The summed E-state index contributed by atoms with van der Waals surface area (Å²) in [6, 6.07) is 11.1. The highest BCUT2D eigenvalue weighted by atomic mass is 35.5. The molecule has 146 valence electrons. The van der Waals surface area contributed by atoms with Gasteiger partial charge in [-0.15, -0.1) is 0 Å². The van der Waals surface area contributed by atoms with Crippen LogP contribution in [0.15, 0.2) is 42.5 Å². The van der Waals surface area contributed by atoms with Crippen LogP contribution < -0.4 is 15.8 Å². The average molecular weight is 403 g/mol. The molecule has 1 saturated heterocycles. The van der Waals surface area contributed by atoms with Crippen LogP contribution in [0.4, 0.5) is 11.4 Å². The molecule has 0 radical (unpaired) electrons. The molecule has 1 fully saturated rings. The van der Waals surface area contributed by atoms with Crippen molar-refractivity contribution in [3.63, 3.8) is 0 Å². The maximum atomic E-state index is 12.3. The fraction of sp³-hybridized carbons (Fsp3) is 0.263. The van der Waals surface area contributed by atoms with E-state index in [0.717, 1.165) is 31.5 Å². The summed E-state index contributed by atoms with van der Waals surface area (Å²) < 4.78 is 0. The lowest BCUT2D eigenvalue weighted by Gasteiger charge is -2.17. The zero-order valence-corrected chi connectivity index (χ0v) is 15.7. The number of hydrogen-bond acceptors (Lipinski definition) is 5. The highest BCUT2D eigenvalue weighted by Gasteiger charge is 2.24. The number of benzene rings is 2. The van der Waals surface area contributed by atoms with Crippen LogP contribution in [0.2, 0.25) is 5.02 Å². The first kappa shape index (κ1) is 19.6. The van der Waals surface area contributed by atoms with E-state index in [1.165, 1.54) is 12.1 Å². The predicted molar refractivity (Wildman–Crippen MR) is 105 cm³/mol. The summed E-state index contributed by atoms with van der Waals surface area (Å²) in [7, 11) is 0. The second kappa shape index (κ2) is 8.71. The van der Waals surface area contributed by atoms with Crippen molar-refractivity contribution in [2.24, 2.45) is 0 Å². The van der Waals surface area contributed by atoms with Gasteiger partial charge < -0.3 is 4.90 Å². The number of rotatable bonds is 5. The van der Waals surface area contributed by atoms with E-state index < -0.39 is 16.7 Å². The largest absolute Gasteiger partial charge is 0.366 e. The summed E-state index contributed by atoms with van der Waals surface area (Å²) in [6.07, 6.45) is 2.03. The smallest absolute Gasteiger partial charge is 0.293 e. The zero-order valence-electron chi connectivity index (χ0n) is 15.0. The summed E-state index contributed by atoms with van der Waals surface area (Å²) in [4.78, 5) is 37.1. The van der Waals surface area contributed by atoms with Crippen molar-refractivity contribution in [2.75, 3.05) is 18.0 Å². The molecule has 0 unspecified atom stereocenters. The molecule has 9 heteroatoms. The van der Waals surface area contributed by atoms with Gasteiger partial charge in [0.15, 0.2) is 0 Å². The Morgan fingerprint density at radius 3 is 2.39 bits per heavy atom. The third kappa shape index (κ3) is 4.77. The molecule has 0 aliphatic carbocycles. The molecule has 3 rings (SSSR count). The fourth-order valence-electron chi connectivity index (χ4n) is 3.07. The number of carbonyl (C=O) groups is 2. The van der Waals surface area contributed by atoms with Gasteiger partial charge in [-0.05, 0) is 42.7 Å². The van der Waals surface area contributed by atoms with Crippen molar-refractivity contribution in [2.45, 2.75) is 19.3 Å². The van der Waals surface area contributed by atoms with Gasteiger partial charge >= 0.3 is 0 Å². The SMILES string of the molecule is O=C(Cc1ccc(Cl)cc1)NNC(=O)c1ccc(N2CCCC2)c([N+](=O)[O-])c1. The number of nitrogens with one attached hydrogen (secondary N) is 2. The Bertz CT molecular complexity index is 895. The molecular formula is C19H19ClN4O4. The highest BCUT2D eigenvalue weighted by molar-refractivity contribution is 6.30. The molecule has 2 amide bonds. The van der Waals surface area contributed by atoms with Gasteiger partial charge in [0, 0.05) is 29.7 Å². The molecule has 2 aromatic rings. The van der Waals surface area contributed by atoms with Crippen LogP contribution >= 0.6 is 11.6 Å². The van der Waals surface area contributed by atoms with Crippen molar-refractivity contribution in [3.8, 4) is 0 Å². The van der Waals surface area contributed by atoms with Crippen molar-refractivity contribution < 1.29 is 14.5 Å². The lowest BCUT2D eigenvalue weighted by Crippen LogP contribution is -2.42. The summed E-state index contributed by atoms with van der Waals surface area (Å²) in [5, 5.41) is 12.0. The van der Waals surface area contributed by atoms with E-state index in [-0.39, 0.29) is 17.7 Å². The van der Waals surface area contributed by atoms with E-state index in [2.05, 4.69) is 10.9 Å².